The Balaban J connectivity index is 1.87. The predicted molar refractivity (Wildman–Crippen MR) is 80.7 cm³/mol. The quantitative estimate of drug-likeness (QED) is 0.758. The molecule has 0 bridgehead atoms. The smallest absolute Gasteiger partial charge is 0.307 e. The van der Waals surface area contributed by atoms with Crippen LogP contribution in [0.4, 0.5) is 0 Å². The lowest BCUT2D eigenvalue weighted by Crippen LogP contribution is -2.60. The molecular weight excluding hydrogens is 308 g/mol. The van der Waals surface area contributed by atoms with Crippen molar-refractivity contribution in [2.24, 2.45) is 11.8 Å². The minimum atomic E-state index is -3.54. The van der Waals surface area contributed by atoms with E-state index in [1.807, 2.05) is 0 Å². The fraction of sp³-hybridized carbons (Fsp3) is 0.857. The minimum absolute atomic E-state index is 0.0509. The summed E-state index contributed by atoms with van der Waals surface area (Å²) >= 11 is 0. The zero-order valence-corrected chi connectivity index (χ0v) is 13.9. The van der Waals surface area contributed by atoms with Gasteiger partial charge in [0.1, 0.15) is 5.25 Å². The van der Waals surface area contributed by atoms with Gasteiger partial charge in [-0.05, 0) is 12.8 Å². The summed E-state index contributed by atoms with van der Waals surface area (Å²) < 4.78 is 25.8. The van der Waals surface area contributed by atoms with E-state index in [9.17, 15) is 18.0 Å². The molecule has 0 aromatic carbocycles. The summed E-state index contributed by atoms with van der Waals surface area (Å²) in [5.41, 5.74) is 0. The van der Waals surface area contributed by atoms with Crippen LogP contribution in [0.25, 0.3) is 0 Å². The predicted octanol–water partition coefficient (Wildman–Crippen LogP) is 0.370. The van der Waals surface area contributed by atoms with Gasteiger partial charge in [0.2, 0.25) is 15.9 Å². The maximum Gasteiger partial charge on any atom is 0.307 e. The number of amides is 1. The standard InChI is InChI=1S/C14H24N2O5S/c1-10(14(18)19)7-15(2)22(20,21)12-8-16(9-12)13(17)11-5-3-4-6-11/h10-12H,3-9H2,1-2H3,(H,18,19). The van der Waals surface area contributed by atoms with Crippen molar-refractivity contribution in [1.29, 1.82) is 0 Å². The third kappa shape index (κ3) is 3.43. The molecule has 1 amide bonds. The van der Waals surface area contributed by atoms with Crippen molar-refractivity contribution < 1.29 is 23.1 Å². The summed E-state index contributed by atoms with van der Waals surface area (Å²) in [5.74, 6) is -1.64. The molecule has 22 heavy (non-hydrogen) atoms. The number of hydrogen-bond acceptors (Lipinski definition) is 4. The molecule has 7 nitrogen and oxygen atoms in total. The van der Waals surface area contributed by atoms with E-state index in [0.29, 0.717) is 0 Å². The Hall–Kier alpha value is -1.15. The van der Waals surface area contributed by atoms with Gasteiger partial charge in [0.25, 0.3) is 0 Å². The molecule has 2 rings (SSSR count). The van der Waals surface area contributed by atoms with Crippen LogP contribution >= 0.6 is 0 Å². The van der Waals surface area contributed by atoms with Crippen LogP contribution < -0.4 is 0 Å². The molecule has 8 heteroatoms. The lowest BCUT2D eigenvalue weighted by molar-refractivity contribution is -0.141. The van der Waals surface area contributed by atoms with Gasteiger partial charge < -0.3 is 10.0 Å². The largest absolute Gasteiger partial charge is 0.481 e. The van der Waals surface area contributed by atoms with Crippen LogP contribution in [0.1, 0.15) is 32.6 Å². The topological polar surface area (TPSA) is 95.0 Å². The molecule has 1 heterocycles. The molecule has 1 aliphatic carbocycles. The zero-order chi connectivity index (χ0) is 16.5. The van der Waals surface area contributed by atoms with Crippen molar-refractivity contribution in [3.05, 3.63) is 0 Å². The van der Waals surface area contributed by atoms with Crippen LogP contribution in [0.5, 0.6) is 0 Å². The van der Waals surface area contributed by atoms with E-state index in [1.54, 1.807) is 4.90 Å². The van der Waals surface area contributed by atoms with Gasteiger partial charge in [-0.1, -0.05) is 19.8 Å². The molecule has 2 fully saturated rings. The Labute approximate surface area is 131 Å². The second-order valence-corrected chi connectivity index (χ2v) is 8.73. The van der Waals surface area contributed by atoms with Gasteiger partial charge in [-0.25, -0.2) is 12.7 Å². The van der Waals surface area contributed by atoms with Crippen molar-refractivity contribution in [3.63, 3.8) is 0 Å². The van der Waals surface area contributed by atoms with Gasteiger partial charge >= 0.3 is 5.97 Å². The first kappa shape index (κ1) is 17.2. The second kappa shape index (κ2) is 6.54. The van der Waals surface area contributed by atoms with E-state index in [1.165, 1.54) is 14.0 Å². The van der Waals surface area contributed by atoms with Crippen LogP contribution in [0.15, 0.2) is 0 Å². The molecule has 1 saturated carbocycles. The Morgan fingerprint density at radius 3 is 2.32 bits per heavy atom. The van der Waals surface area contributed by atoms with Crippen molar-refractivity contribution in [2.75, 3.05) is 26.7 Å². The number of carbonyl (C=O) groups is 2. The normalized spacial score (nSPS) is 21.9. The molecule has 0 aromatic heterocycles. The maximum atomic E-state index is 12.4. The minimum Gasteiger partial charge on any atom is -0.481 e. The van der Waals surface area contributed by atoms with E-state index in [2.05, 4.69) is 0 Å². The third-order valence-electron chi connectivity index (χ3n) is 4.67. The zero-order valence-electron chi connectivity index (χ0n) is 13.1. The van der Waals surface area contributed by atoms with E-state index in [-0.39, 0.29) is 31.5 Å². The van der Waals surface area contributed by atoms with Crippen LogP contribution in [-0.2, 0) is 19.6 Å². The number of rotatable bonds is 6. The van der Waals surface area contributed by atoms with Gasteiger partial charge in [0.05, 0.1) is 5.92 Å². The van der Waals surface area contributed by atoms with Gasteiger partial charge in [-0.3, -0.25) is 9.59 Å². The van der Waals surface area contributed by atoms with Crippen LogP contribution in [0.2, 0.25) is 0 Å². The van der Waals surface area contributed by atoms with E-state index in [0.717, 1.165) is 30.0 Å². The van der Waals surface area contributed by atoms with E-state index < -0.39 is 27.2 Å². The Morgan fingerprint density at radius 2 is 1.82 bits per heavy atom. The van der Waals surface area contributed by atoms with Gasteiger partial charge in [0, 0.05) is 32.6 Å². The number of carbonyl (C=O) groups excluding carboxylic acids is 1. The maximum absolute atomic E-state index is 12.4. The fourth-order valence-electron chi connectivity index (χ4n) is 3.06. The first-order valence-electron chi connectivity index (χ1n) is 7.70. The van der Waals surface area contributed by atoms with Crippen molar-refractivity contribution in [3.8, 4) is 0 Å². The highest BCUT2D eigenvalue weighted by molar-refractivity contribution is 7.89. The van der Waals surface area contributed by atoms with Crippen molar-refractivity contribution in [2.45, 2.75) is 37.9 Å². The number of hydrogen-bond donors (Lipinski definition) is 1. The van der Waals surface area contributed by atoms with Crippen LogP contribution in [0, 0.1) is 11.8 Å². The number of nitrogens with zero attached hydrogens (tertiary/aromatic N) is 2. The number of aliphatic carboxylic acids is 1. The number of likely N-dealkylation sites (tertiary alicyclic amines) is 1. The van der Waals surface area contributed by atoms with Gasteiger partial charge in [0.15, 0.2) is 0 Å². The lowest BCUT2D eigenvalue weighted by Gasteiger charge is -2.41. The number of sulfonamides is 1. The van der Waals surface area contributed by atoms with E-state index in [4.69, 9.17) is 5.11 Å². The third-order valence-corrected chi connectivity index (χ3v) is 6.83. The highest BCUT2D eigenvalue weighted by Gasteiger charge is 2.43. The summed E-state index contributed by atoms with van der Waals surface area (Å²) in [5, 5.41) is 8.26. The average molecular weight is 332 g/mol. The average Bonchev–Trinajstić information content (AvgIpc) is 2.89. The Kier molecular flexibility index (Phi) is 5.11. The Bertz CT molecular complexity index is 535. The first-order chi connectivity index (χ1) is 10.2. The van der Waals surface area contributed by atoms with E-state index >= 15 is 0 Å². The van der Waals surface area contributed by atoms with Crippen LogP contribution in [-0.4, -0.2) is 66.5 Å². The molecule has 1 atom stereocenters. The molecule has 1 unspecified atom stereocenters. The lowest BCUT2D eigenvalue weighted by atomic mass is 10.0. The summed E-state index contributed by atoms with van der Waals surface area (Å²) in [6, 6.07) is 0. The highest BCUT2D eigenvalue weighted by atomic mass is 32.2. The summed E-state index contributed by atoms with van der Waals surface area (Å²) in [6.07, 6.45) is 3.95. The van der Waals surface area contributed by atoms with Crippen LogP contribution in [0.3, 0.4) is 0 Å². The molecule has 0 aromatic rings. The SMILES string of the molecule is CC(CN(C)S(=O)(=O)C1CN(C(=O)C2CCCC2)C1)C(=O)O. The summed E-state index contributed by atoms with van der Waals surface area (Å²) in [4.78, 5) is 24.6. The summed E-state index contributed by atoms with van der Waals surface area (Å²) in [6.45, 7) is 1.88. The molecule has 2 aliphatic rings. The molecule has 0 spiro atoms. The molecule has 126 valence electrons. The molecule has 0 radical (unpaired) electrons. The highest BCUT2D eigenvalue weighted by Crippen LogP contribution is 2.29. The fourth-order valence-corrected chi connectivity index (χ4v) is 4.74. The van der Waals surface area contributed by atoms with Crippen molar-refractivity contribution in [1.82, 2.24) is 9.21 Å². The molecule has 1 aliphatic heterocycles. The monoisotopic (exact) mass is 332 g/mol. The van der Waals surface area contributed by atoms with Gasteiger partial charge in [-0.2, -0.15) is 0 Å². The number of carboxylic acids is 1. The Morgan fingerprint density at radius 1 is 1.27 bits per heavy atom. The second-order valence-electron chi connectivity index (χ2n) is 6.41. The molecule has 1 N–H and O–H groups in total. The van der Waals surface area contributed by atoms with Gasteiger partial charge in [-0.15, -0.1) is 0 Å². The van der Waals surface area contributed by atoms with Crippen molar-refractivity contribution >= 4 is 21.9 Å². The number of carboxylic acid groups (broad SMARTS) is 1. The molecular formula is C14H24N2O5S. The summed E-state index contributed by atoms with van der Waals surface area (Å²) in [7, 11) is -2.15. The first-order valence-corrected chi connectivity index (χ1v) is 9.20. The molecule has 1 saturated heterocycles.